The van der Waals surface area contributed by atoms with E-state index in [-0.39, 0.29) is 12.4 Å². The van der Waals surface area contributed by atoms with Crippen molar-refractivity contribution in [3.05, 3.63) is 32.7 Å². The second kappa shape index (κ2) is 6.39. The van der Waals surface area contributed by atoms with E-state index in [2.05, 4.69) is 35.0 Å². The summed E-state index contributed by atoms with van der Waals surface area (Å²) in [5.74, 6) is 0. The number of piperidine rings is 1. The molecule has 3 heterocycles. The van der Waals surface area contributed by atoms with Crippen molar-refractivity contribution >= 4 is 24.2 Å². The molecule has 0 aromatic rings. The molecule has 21 heavy (non-hydrogen) atoms. The molecule has 1 atom stereocenters. The summed E-state index contributed by atoms with van der Waals surface area (Å²) >= 11 is 2.10. The largest absolute Gasteiger partial charge is 0.360 e. The van der Waals surface area contributed by atoms with E-state index in [4.69, 9.17) is 0 Å². The van der Waals surface area contributed by atoms with Gasteiger partial charge in [-0.05, 0) is 54.7 Å². The molecule has 0 saturated carbocycles. The highest BCUT2D eigenvalue weighted by atomic mass is 35.5. The van der Waals surface area contributed by atoms with E-state index in [1.807, 2.05) is 0 Å². The Morgan fingerprint density at radius 2 is 2.29 bits per heavy atom. The van der Waals surface area contributed by atoms with Gasteiger partial charge in [-0.3, -0.25) is 0 Å². The van der Waals surface area contributed by atoms with Crippen LogP contribution in [0.3, 0.4) is 0 Å². The molecule has 1 fully saturated rings. The van der Waals surface area contributed by atoms with Crippen LogP contribution in [0.15, 0.2) is 32.7 Å². The van der Waals surface area contributed by atoms with Gasteiger partial charge in [0.15, 0.2) is 0 Å². The lowest BCUT2D eigenvalue weighted by Crippen LogP contribution is -2.40. The number of hydrogen-bond acceptors (Lipinski definition) is 3. The van der Waals surface area contributed by atoms with E-state index in [0.717, 1.165) is 13.1 Å². The van der Waals surface area contributed by atoms with Crippen LogP contribution in [-0.4, -0.2) is 30.6 Å². The molecule has 0 aromatic carbocycles. The molecule has 0 spiro atoms. The minimum absolute atomic E-state index is 0. The topological polar surface area (TPSA) is 15.3 Å². The first-order chi connectivity index (χ1) is 9.88. The summed E-state index contributed by atoms with van der Waals surface area (Å²) < 4.78 is 0. The second-order valence-electron chi connectivity index (χ2n) is 6.29. The summed E-state index contributed by atoms with van der Waals surface area (Å²) in [6.45, 7) is 5.74. The fraction of sp³-hybridized carbons (Fsp3) is 0.647. The van der Waals surface area contributed by atoms with Crippen LogP contribution in [0, 0.1) is 0 Å². The van der Waals surface area contributed by atoms with Crippen molar-refractivity contribution in [2.75, 3.05) is 19.6 Å². The van der Waals surface area contributed by atoms with Crippen LogP contribution in [-0.2, 0) is 0 Å². The van der Waals surface area contributed by atoms with Gasteiger partial charge in [0.2, 0.25) is 0 Å². The number of hydrogen-bond donors (Lipinski definition) is 1. The number of halogens is 1. The zero-order chi connectivity index (χ0) is 13.5. The maximum atomic E-state index is 3.58. The zero-order valence-electron chi connectivity index (χ0n) is 12.8. The molecule has 0 bridgehead atoms. The van der Waals surface area contributed by atoms with Gasteiger partial charge >= 0.3 is 0 Å². The fourth-order valence-electron chi connectivity index (χ4n) is 4.16. The lowest BCUT2D eigenvalue weighted by molar-refractivity contribution is 0.299. The van der Waals surface area contributed by atoms with E-state index >= 15 is 0 Å². The van der Waals surface area contributed by atoms with Crippen molar-refractivity contribution in [2.45, 2.75) is 51.5 Å². The summed E-state index contributed by atoms with van der Waals surface area (Å²) in [6.07, 6.45) is 10.3. The minimum atomic E-state index is 0. The van der Waals surface area contributed by atoms with Crippen molar-refractivity contribution in [3.63, 3.8) is 0 Å². The van der Waals surface area contributed by atoms with Crippen LogP contribution in [0.5, 0.6) is 0 Å². The third-order valence-electron chi connectivity index (χ3n) is 5.01. The first-order valence-corrected chi connectivity index (χ1v) is 9.00. The summed E-state index contributed by atoms with van der Waals surface area (Å²) in [5, 5.41) is 3.58. The number of nitrogens with zero attached hydrogens (tertiary/aromatic N) is 1. The van der Waals surface area contributed by atoms with Gasteiger partial charge in [0.05, 0.1) is 11.7 Å². The van der Waals surface area contributed by atoms with Gasteiger partial charge in [0.25, 0.3) is 0 Å². The van der Waals surface area contributed by atoms with E-state index in [1.165, 1.54) is 45.1 Å². The highest BCUT2D eigenvalue weighted by Crippen LogP contribution is 2.50. The average molecular weight is 325 g/mol. The lowest BCUT2D eigenvalue weighted by Gasteiger charge is -2.32. The predicted molar refractivity (Wildman–Crippen MR) is 93.7 cm³/mol. The lowest BCUT2D eigenvalue weighted by atomic mass is 9.93. The van der Waals surface area contributed by atoms with Gasteiger partial charge in [-0.15, -0.1) is 12.4 Å². The Hall–Kier alpha value is -0.380. The maximum Gasteiger partial charge on any atom is 0.0537 e. The van der Waals surface area contributed by atoms with E-state index < -0.39 is 0 Å². The standard InChI is InChI=1S/C17H24N2S.ClH/c1-2-4-12-8-10-19-15-7-9-18-11-14(15)13-5-3-6-16(20-12)17(13)19;/h8,15,18H,2-7,9-11H2,1H3;1H. The maximum absolute atomic E-state index is 3.58. The fourth-order valence-corrected chi connectivity index (χ4v) is 5.52. The highest BCUT2D eigenvalue weighted by Gasteiger charge is 2.40. The molecule has 4 rings (SSSR count). The monoisotopic (exact) mass is 324 g/mol. The highest BCUT2D eigenvalue weighted by molar-refractivity contribution is 8.06. The normalized spacial score (nSPS) is 27.8. The molecule has 116 valence electrons. The number of rotatable bonds is 2. The Labute approximate surface area is 138 Å². The Morgan fingerprint density at radius 3 is 3.14 bits per heavy atom. The van der Waals surface area contributed by atoms with Crippen molar-refractivity contribution in [2.24, 2.45) is 0 Å². The summed E-state index contributed by atoms with van der Waals surface area (Å²) in [5.41, 5.74) is 5.07. The van der Waals surface area contributed by atoms with E-state index in [0.29, 0.717) is 6.04 Å². The molecule has 1 N–H and O–H groups in total. The Morgan fingerprint density at radius 1 is 1.38 bits per heavy atom. The van der Waals surface area contributed by atoms with Crippen molar-refractivity contribution in [1.29, 1.82) is 0 Å². The van der Waals surface area contributed by atoms with Gasteiger partial charge in [-0.2, -0.15) is 0 Å². The smallest absolute Gasteiger partial charge is 0.0537 e. The van der Waals surface area contributed by atoms with Crippen LogP contribution < -0.4 is 5.32 Å². The van der Waals surface area contributed by atoms with Gasteiger partial charge in [-0.25, -0.2) is 0 Å². The Balaban J connectivity index is 0.00000132. The molecule has 0 radical (unpaired) electrons. The van der Waals surface area contributed by atoms with E-state index in [1.54, 1.807) is 26.7 Å². The number of fused-ring (bicyclic) bond motifs is 2. The average Bonchev–Trinajstić information content (AvgIpc) is 2.68. The molecule has 4 heteroatoms. The first-order valence-electron chi connectivity index (χ1n) is 8.18. The minimum Gasteiger partial charge on any atom is -0.360 e. The first kappa shape index (κ1) is 15.5. The number of allylic oxidation sites excluding steroid dienone is 3. The Kier molecular flexibility index (Phi) is 4.72. The molecule has 1 aliphatic carbocycles. The second-order valence-corrected chi connectivity index (χ2v) is 7.51. The molecule has 0 amide bonds. The predicted octanol–water partition coefficient (Wildman–Crippen LogP) is 4.21. The van der Waals surface area contributed by atoms with Gasteiger partial charge < -0.3 is 10.2 Å². The van der Waals surface area contributed by atoms with Crippen LogP contribution >= 0.6 is 24.2 Å². The van der Waals surface area contributed by atoms with Crippen molar-refractivity contribution in [3.8, 4) is 0 Å². The summed E-state index contributed by atoms with van der Waals surface area (Å²) in [6, 6.07) is 0.701. The molecular weight excluding hydrogens is 300 g/mol. The Bertz CT molecular complexity index is 521. The molecule has 2 nitrogen and oxygen atoms in total. The summed E-state index contributed by atoms with van der Waals surface area (Å²) in [7, 11) is 0. The molecule has 0 aromatic heterocycles. The number of thioether (sulfide) groups is 1. The summed E-state index contributed by atoms with van der Waals surface area (Å²) in [4.78, 5) is 6.02. The van der Waals surface area contributed by atoms with Crippen molar-refractivity contribution in [1.82, 2.24) is 10.2 Å². The third-order valence-corrected chi connectivity index (χ3v) is 6.29. The SMILES string of the molecule is CCCC1=CCN2C3=C(CCCC3=C3CNCCC32)S1.Cl. The van der Waals surface area contributed by atoms with Gasteiger partial charge in [-0.1, -0.05) is 31.2 Å². The molecule has 4 aliphatic rings. The van der Waals surface area contributed by atoms with Crippen molar-refractivity contribution < 1.29 is 0 Å². The number of nitrogens with one attached hydrogen (secondary N) is 1. The van der Waals surface area contributed by atoms with Gasteiger partial charge in [0.1, 0.15) is 0 Å². The van der Waals surface area contributed by atoms with E-state index in [9.17, 15) is 0 Å². The van der Waals surface area contributed by atoms with Crippen LogP contribution in [0.4, 0.5) is 0 Å². The molecule has 3 aliphatic heterocycles. The van der Waals surface area contributed by atoms with Crippen LogP contribution in [0.25, 0.3) is 0 Å². The third kappa shape index (κ3) is 2.58. The molecular formula is C17H25ClN2S. The van der Waals surface area contributed by atoms with Gasteiger partial charge in [0, 0.05) is 18.0 Å². The zero-order valence-corrected chi connectivity index (χ0v) is 14.4. The quantitative estimate of drug-likeness (QED) is 0.819. The van der Waals surface area contributed by atoms with Crippen LogP contribution in [0.2, 0.25) is 0 Å². The molecule has 1 saturated heterocycles. The molecule has 1 unspecified atom stereocenters. The van der Waals surface area contributed by atoms with Crippen LogP contribution in [0.1, 0.15) is 45.4 Å².